The van der Waals surface area contributed by atoms with Gasteiger partial charge in [0.25, 0.3) is 0 Å². The molecule has 0 aliphatic carbocycles. The van der Waals surface area contributed by atoms with Crippen LogP contribution in [0.15, 0.2) is 73.6 Å². The van der Waals surface area contributed by atoms with Crippen molar-refractivity contribution in [2.24, 2.45) is 0 Å². The Morgan fingerprint density at radius 3 is 2.52 bits per heavy atom. The number of rotatable bonds is 9. The van der Waals surface area contributed by atoms with Gasteiger partial charge in [0.2, 0.25) is 11.9 Å². The molecule has 11 heteroatoms. The number of nitrogens with zero attached hydrogens (tertiary/aromatic N) is 6. The highest BCUT2D eigenvalue weighted by atomic mass is 16.5. The number of imidazole rings is 1. The first-order valence-electron chi connectivity index (χ1n) is 15.0. The fraction of sp³-hybridized carbons (Fsp3) is 0.333. The third-order valence-electron chi connectivity index (χ3n) is 8.43. The van der Waals surface area contributed by atoms with Crippen LogP contribution in [0.3, 0.4) is 0 Å². The maximum absolute atomic E-state index is 12.5. The van der Waals surface area contributed by atoms with Gasteiger partial charge in [0.05, 0.1) is 36.1 Å². The minimum absolute atomic E-state index is 0.278. The van der Waals surface area contributed by atoms with E-state index in [1.165, 1.54) is 6.08 Å². The first-order chi connectivity index (χ1) is 21.5. The van der Waals surface area contributed by atoms with Crippen molar-refractivity contribution in [2.75, 3.05) is 69.0 Å². The zero-order chi connectivity index (χ0) is 30.5. The lowest BCUT2D eigenvalue weighted by atomic mass is 10.0. The van der Waals surface area contributed by atoms with Crippen molar-refractivity contribution in [1.29, 1.82) is 0 Å². The van der Waals surface area contributed by atoms with E-state index in [1.807, 2.05) is 42.5 Å². The predicted molar refractivity (Wildman–Crippen MR) is 174 cm³/mol. The van der Waals surface area contributed by atoms with Crippen LogP contribution < -0.4 is 20.3 Å². The summed E-state index contributed by atoms with van der Waals surface area (Å²) < 4.78 is 5.82. The van der Waals surface area contributed by atoms with Crippen LogP contribution in [0.4, 0.5) is 23.0 Å². The lowest BCUT2D eigenvalue weighted by Gasteiger charge is -2.43. The second kappa shape index (κ2) is 13.3. The number of methoxy groups -OCH3 is 1. The minimum atomic E-state index is -0.278. The van der Waals surface area contributed by atoms with Gasteiger partial charge >= 0.3 is 0 Å². The molecule has 2 aliphatic heterocycles. The summed E-state index contributed by atoms with van der Waals surface area (Å²) in [5.41, 5.74) is 4.81. The van der Waals surface area contributed by atoms with Crippen LogP contribution in [0.25, 0.3) is 22.8 Å². The van der Waals surface area contributed by atoms with Crippen molar-refractivity contribution in [3.05, 3.63) is 73.6 Å². The molecule has 4 aromatic rings. The zero-order valence-electron chi connectivity index (χ0n) is 25.3. The number of benzene rings is 2. The minimum Gasteiger partial charge on any atom is -0.494 e. The molecule has 2 aromatic heterocycles. The van der Waals surface area contributed by atoms with Gasteiger partial charge in [-0.25, -0.2) is 15.0 Å². The molecule has 0 spiro atoms. The van der Waals surface area contributed by atoms with Crippen LogP contribution in [0.5, 0.6) is 5.75 Å². The summed E-state index contributed by atoms with van der Waals surface area (Å²) in [6.07, 6.45) is 6.90. The standard InChI is InChI=1S/C33H39N9O2/c1-4-31(43)36-26-20-27(30(44-3)21-29(26)42-14-11-24(12-15-42)41-18-16-40(2)17-19-41)39-33-34-13-10-25(38-33)32-35-22-28(37-32)23-8-6-5-7-9-23/h4-10,13,20-22,24H,1,11-12,14-19H2,2-3H3,(H,35,37)(H,36,43)(H,34,38,39). The van der Waals surface area contributed by atoms with E-state index in [9.17, 15) is 4.79 Å². The van der Waals surface area contributed by atoms with Gasteiger partial charge in [0.1, 0.15) is 11.4 Å². The number of likely N-dealkylation sites (N-methyl/N-ethyl adjacent to an activating group) is 1. The third-order valence-corrected chi connectivity index (χ3v) is 8.43. The average molecular weight is 594 g/mol. The molecular weight excluding hydrogens is 554 g/mol. The SMILES string of the molecule is C=CC(=O)Nc1cc(Nc2nccc(-c3ncc(-c4ccccc4)[nH]3)n2)c(OC)cc1N1CCC(N2CCN(C)CC2)CC1. The highest BCUT2D eigenvalue weighted by Crippen LogP contribution is 2.39. The Morgan fingerprint density at radius 1 is 1.02 bits per heavy atom. The maximum Gasteiger partial charge on any atom is 0.247 e. The number of anilines is 4. The summed E-state index contributed by atoms with van der Waals surface area (Å²) in [6.45, 7) is 9.90. The number of piperazine rings is 1. The molecule has 0 atom stereocenters. The number of aromatic amines is 1. The smallest absolute Gasteiger partial charge is 0.247 e. The van der Waals surface area contributed by atoms with Gasteiger partial charge in [0.15, 0.2) is 5.82 Å². The Hall–Kier alpha value is -4.74. The highest BCUT2D eigenvalue weighted by molar-refractivity contribution is 6.02. The zero-order valence-corrected chi connectivity index (χ0v) is 25.3. The Morgan fingerprint density at radius 2 is 1.80 bits per heavy atom. The van der Waals surface area contributed by atoms with Gasteiger partial charge in [-0.15, -0.1) is 0 Å². The topological polar surface area (TPSA) is 115 Å². The van der Waals surface area contributed by atoms with Crippen LogP contribution in [0.2, 0.25) is 0 Å². The summed E-state index contributed by atoms with van der Waals surface area (Å²) in [4.78, 5) is 36.9. The quantitative estimate of drug-likeness (QED) is 0.239. The van der Waals surface area contributed by atoms with Crippen molar-refractivity contribution >= 4 is 28.9 Å². The molecule has 11 nitrogen and oxygen atoms in total. The number of amides is 1. The van der Waals surface area contributed by atoms with Gasteiger partial charge < -0.3 is 30.2 Å². The molecule has 2 fully saturated rings. The fourth-order valence-electron chi connectivity index (χ4n) is 5.93. The first kappa shape index (κ1) is 29.3. The molecule has 0 saturated carbocycles. The number of hydrogen-bond donors (Lipinski definition) is 3. The Bertz CT molecular complexity index is 1590. The highest BCUT2D eigenvalue weighted by Gasteiger charge is 2.28. The molecule has 2 saturated heterocycles. The van der Waals surface area contributed by atoms with E-state index in [0.29, 0.717) is 40.6 Å². The van der Waals surface area contributed by atoms with Crippen molar-refractivity contribution < 1.29 is 9.53 Å². The number of ether oxygens (including phenoxy) is 1. The molecule has 4 heterocycles. The van der Waals surface area contributed by atoms with E-state index in [4.69, 9.17) is 9.72 Å². The third kappa shape index (κ3) is 6.58. The number of hydrogen-bond acceptors (Lipinski definition) is 9. The van der Waals surface area contributed by atoms with E-state index < -0.39 is 0 Å². The van der Waals surface area contributed by atoms with Gasteiger partial charge in [-0.05, 0) is 43.7 Å². The van der Waals surface area contributed by atoms with Gasteiger partial charge in [-0.1, -0.05) is 36.9 Å². The Labute approximate surface area is 258 Å². The van der Waals surface area contributed by atoms with E-state index in [1.54, 1.807) is 25.6 Å². The van der Waals surface area contributed by atoms with Crippen molar-refractivity contribution in [2.45, 2.75) is 18.9 Å². The van der Waals surface area contributed by atoms with Crippen molar-refractivity contribution in [1.82, 2.24) is 29.7 Å². The summed E-state index contributed by atoms with van der Waals surface area (Å²) in [5, 5.41) is 6.30. The lowest BCUT2D eigenvalue weighted by molar-refractivity contribution is -0.111. The van der Waals surface area contributed by atoms with Crippen LogP contribution in [0, 0.1) is 0 Å². The molecular formula is C33H39N9O2. The predicted octanol–water partition coefficient (Wildman–Crippen LogP) is 4.63. The number of aromatic nitrogens is 4. The average Bonchev–Trinajstić information content (AvgIpc) is 3.57. The number of piperidine rings is 1. The summed E-state index contributed by atoms with van der Waals surface area (Å²) in [7, 11) is 3.82. The van der Waals surface area contributed by atoms with E-state index in [-0.39, 0.29) is 5.91 Å². The molecule has 6 rings (SSSR count). The van der Waals surface area contributed by atoms with Crippen LogP contribution in [0.1, 0.15) is 12.8 Å². The van der Waals surface area contributed by atoms with E-state index in [0.717, 1.165) is 69.1 Å². The summed E-state index contributed by atoms with van der Waals surface area (Å²) in [5.74, 6) is 1.35. The fourth-order valence-corrected chi connectivity index (χ4v) is 5.93. The lowest BCUT2D eigenvalue weighted by Crippen LogP contribution is -2.52. The molecule has 1 amide bonds. The molecule has 0 radical (unpaired) electrons. The van der Waals surface area contributed by atoms with Crippen LogP contribution >= 0.6 is 0 Å². The van der Waals surface area contributed by atoms with Gasteiger partial charge in [-0.3, -0.25) is 9.69 Å². The van der Waals surface area contributed by atoms with Gasteiger partial charge in [-0.2, -0.15) is 0 Å². The molecule has 44 heavy (non-hydrogen) atoms. The maximum atomic E-state index is 12.5. The number of nitrogens with one attached hydrogen (secondary N) is 3. The molecule has 228 valence electrons. The van der Waals surface area contributed by atoms with Crippen LogP contribution in [-0.4, -0.2) is 95.1 Å². The number of carbonyl (C=O) groups is 1. The monoisotopic (exact) mass is 593 g/mol. The van der Waals surface area contributed by atoms with Crippen molar-refractivity contribution in [3.8, 4) is 28.5 Å². The summed E-state index contributed by atoms with van der Waals surface area (Å²) in [6, 6.07) is 16.2. The first-order valence-corrected chi connectivity index (χ1v) is 15.0. The summed E-state index contributed by atoms with van der Waals surface area (Å²) >= 11 is 0. The van der Waals surface area contributed by atoms with Gasteiger partial charge in [0, 0.05) is 57.6 Å². The molecule has 2 aromatic carbocycles. The Balaban J connectivity index is 1.22. The number of H-pyrrole nitrogens is 1. The van der Waals surface area contributed by atoms with Crippen molar-refractivity contribution in [3.63, 3.8) is 0 Å². The van der Waals surface area contributed by atoms with E-state index >= 15 is 0 Å². The molecule has 2 aliphatic rings. The second-order valence-electron chi connectivity index (χ2n) is 11.2. The van der Waals surface area contributed by atoms with E-state index in [2.05, 4.69) is 53.9 Å². The molecule has 0 bridgehead atoms. The second-order valence-corrected chi connectivity index (χ2v) is 11.2. The largest absolute Gasteiger partial charge is 0.494 e. The normalized spacial score (nSPS) is 16.5. The van der Waals surface area contributed by atoms with Crippen LogP contribution in [-0.2, 0) is 4.79 Å². The number of carbonyl (C=O) groups excluding carboxylic acids is 1. The molecule has 3 N–H and O–H groups in total. The molecule has 0 unspecified atom stereocenters. The Kier molecular flexibility index (Phi) is 8.85.